The molecule has 1 heterocycles. The molecule has 3 nitrogen and oxygen atoms in total. The first-order valence-corrected chi connectivity index (χ1v) is 7.61. The predicted octanol–water partition coefficient (Wildman–Crippen LogP) is 3.43. The summed E-state index contributed by atoms with van der Waals surface area (Å²) in [6, 6.07) is 0. The number of nitrogens with one attached hydrogen (secondary N) is 1. The van der Waals surface area contributed by atoms with E-state index in [0.29, 0.717) is 22.7 Å². The summed E-state index contributed by atoms with van der Waals surface area (Å²) < 4.78 is 0. The minimum Gasteiger partial charge on any atom is -0.310 e. The predicted molar refractivity (Wildman–Crippen MR) is 76.8 cm³/mol. The Bertz CT molecular complexity index is 406. The second-order valence-corrected chi connectivity index (χ2v) is 8.03. The van der Waals surface area contributed by atoms with E-state index in [1.54, 1.807) is 11.3 Å². The van der Waals surface area contributed by atoms with Gasteiger partial charge in [-0.1, -0.05) is 52.9 Å². The van der Waals surface area contributed by atoms with Gasteiger partial charge in [0.15, 0.2) is 0 Å². The van der Waals surface area contributed by atoms with Gasteiger partial charge in [-0.15, -0.1) is 10.2 Å². The minimum atomic E-state index is 0.356. The summed E-state index contributed by atoms with van der Waals surface area (Å²) in [4.78, 5) is 0. The SMILES string of the molecule is CC(C)CNCc1nnc(C2C(C)(C)C2(C)C)s1. The van der Waals surface area contributed by atoms with Crippen LogP contribution in [-0.4, -0.2) is 16.7 Å². The van der Waals surface area contributed by atoms with E-state index in [9.17, 15) is 0 Å². The molecule has 0 atom stereocenters. The molecule has 0 saturated heterocycles. The summed E-state index contributed by atoms with van der Waals surface area (Å²) in [6.45, 7) is 15.6. The van der Waals surface area contributed by atoms with Crippen molar-refractivity contribution in [3.8, 4) is 0 Å². The minimum absolute atomic E-state index is 0.356. The van der Waals surface area contributed by atoms with Crippen LogP contribution in [0.2, 0.25) is 0 Å². The van der Waals surface area contributed by atoms with Crippen molar-refractivity contribution >= 4 is 11.3 Å². The molecule has 0 radical (unpaired) electrons. The fourth-order valence-electron chi connectivity index (χ4n) is 2.74. The molecule has 2 rings (SSSR count). The molecule has 4 heteroatoms. The molecule has 1 fully saturated rings. The molecular formula is C14H25N3S. The normalized spacial score (nSPS) is 21.5. The molecule has 0 aromatic carbocycles. The van der Waals surface area contributed by atoms with E-state index < -0.39 is 0 Å². The van der Waals surface area contributed by atoms with E-state index in [1.165, 1.54) is 5.01 Å². The summed E-state index contributed by atoms with van der Waals surface area (Å²) in [7, 11) is 0. The molecule has 1 aromatic heterocycles. The Hall–Kier alpha value is -0.480. The number of hydrogen-bond donors (Lipinski definition) is 1. The third-order valence-corrected chi connectivity index (χ3v) is 5.57. The van der Waals surface area contributed by atoms with Gasteiger partial charge in [0.1, 0.15) is 10.0 Å². The third-order valence-electron chi connectivity index (χ3n) is 4.58. The zero-order valence-electron chi connectivity index (χ0n) is 12.4. The van der Waals surface area contributed by atoms with Crippen molar-refractivity contribution < 1.29 is 0 Å². The van der Waals surface area contributed by atoms with Crippen LogP contribution in [0.25, 0.3) is 0 Å². The van der Waals surface area contributed by atoms with Crippen molar-refractivity contribution in [3.63, 3.8) is 0 Å². The van der Waals surface area contributed by atoms with Crippen molar-refractivity contribution in [2.45, 2.75) is 54.0 Å². The van der Waals surface area contributed by atoms with Gasteiger partial charge in [-0.05, 0) is 23.3 Å². The summed E-state index contributed by atoms with van der Waals surface area (Å²) in [5.74, 6) is 1.25. The van der Waals surface area contributed by atoms with Crippen LogP contribution in [0.15, 0.2) is 0 Å². The van der Waals surface area contributed by atoms with Crippen molar-refractivity contribution in [2.75, 3.05) is 6.54 Å². The van der Waals surface area contributed by atoms with E-state index in [1.807, 2.05) is 0 Å². The summed E-state index contributed by atoms with van der Waals surface area (Å²) in [5.41, 5.74) is 0.713. The van der Waals surface area contributed by atoms with Crippen molar-refractivity contribution in [3.05, 3.63) is 10.0 Å². The molecule has 1 N–H and O–H groups in total. The molecule has 1 aliphatic carbocycles. The highest BCUT2D eigenvalue weighted by Crippen LogP contribution is 2.73. The average Bonchev–Trinajstić information content (AvgIpc) is 2.60. The highest BCUT2D eigenvalue weighted by molar-refractivity contribution is 7.11. The quantitative estimate of drug-likeness (QED) is 0.888. The van der Waals surface area contributed by atoms with E-state index in [-0.39, 0.29) is 0 Å². The molecule has 0 spiro atoms. The zero-order chi connectivity index (χ0) is 13.6. The first-order valence-electron chi connectivity index (χ1n) is 6.80. The second-order valence-electron chi connectivity index (χ2n) is 6.94. The highest BCUT2D eigenvalue weighted by atomic mass is 32.1. The third kappa shape index (κ3) is 2.32. The molecule has 1 aromatic rings. The lowest BCUT2D eigenvalue weighted by Crippen LogP contribution is -2.18. The Morgan fingerprint density at radius 3 is 2.28 bits per heavy atom. The fourth-order valence-corrected chi connectivity index (χ4v) is 4.02. The molecule has 0 amide bonds. The van der Waals surface area contributed by atoms with Gasteiger partial charge in [0.2, 0.25) is 0 Å². The van der Waals surface area contributed by atoms with Crippen molar-refractivity contribution in [1.82, 2.24) is 15.5 Å². The Balaban J connectivity index is 1.96. The van der Waals surface area contributed by atoms with E-state index in [2.05, 4.69) is 57.1 Å². The standard InChI is InChI=1S/C14H25N3S/c1-9(2)7-15-8-10-16-17-12(18-10)11-13(3,4)14(11,5)6/h9,11,15H,7-8H2,1-6H3. The molecule has 102 valence electrons. The summed E-state index contributed by atoms with van der Waals surface area (Å²) in [6.07, 6.45) is 0. The molecule has 0 bridgehead atoms. The van der Waals surface area contributed by atoms with Gasteiger partial charge < -0.3 is 5.32 Å². The lowest BCUT2D eigenvalue weighted by atomic mass is 10.0. The number of aromatic nitrogens is 2. The fraction of sp³-hybridized carbons (Fsp3) is 0.857. The molecular weight excluding hydrogens is 242 g/mol. The first-order chi connectivity index (χ1) is 8.26. The highest BCUT2D eigenvalue weighted by Gasteiger charge is 2.66. The van der Waals surface area contributed by atoms with Gasteiger partial charge in [-0.2, -0.15) is 0 Å². The van der Waals surface area contributed by atoms with Crippen LogP contribution < -0.4 is 5.32 Å². The van der Waals surface area contributed by atoms with Crippen LogP contribution in [0.3, 0.4) is 0 Å². The maximum atomic E-state index is 4.40. The Labute approximate surface area is 114 Å². The van der Waals surface area contributed by atoms with Crippen LogP contribution in [0, 0.1) is 16.7 Å². The summed E-state index contributed by atoms with van der Waals surface area (Å²) in [5, 5.41) is 14.5. The number of nitrogens with zero attached hydrogens (tertiary/aromatic N) is 2. The largest absolute Gasteiger partial charge is 0.310 e. The van der Waals surface area contributed by atoms with E-state index in [4.69, 9.17) is 0 Å². The van der Waals surface area contributed by atoms with Crippen LogP contribution in [0.4, 0.5) is 0 Å². The van der Waals surface area contributed by atoms with Gasteiger partial charge in [-0.25, -0.2) is 0 Å². The monoisotopic (exact) mass is 267 g/mol. The van der Waals surface area contributed by atoms with Crippen LogP contribution in [0.5, 0.6) is 0 Å². The van der Waals surface area contributed by atoms with Gasteiger partial charge in [0.25, 0.3) is 0 Å². The smallest absolute Gasteiger partial charge is 0.131 e. The average molecular weight is 267 g/mol. The van der Waals surface area contributed by atoms with Crippen molar-refractivity contribution in [1.29, 1.82) is 0 Å². The molecule has 1 aliphatic rings. The number of hydrogen-bond acceptors (Lipinski definition) is 4. The molecule has 18 heavy (non-hydrogen) atoms. The number of rotatable bonds is 5. The van der Waals surface area contributed by atoms with Gasteiger partial charge >= 0.3 is 0 Å². The Kier molecular flexibility index (Phi) is 3.54. The zero-order valence-corrected chi connectivity index (χ0v) is 13.2. The van der Waals surface area contributed by atoms with Crippen LogP contribution in [-0.2, 0) is 6.54 Å². The Morgan fingerprint density at radius 2 is 1.78 bits per heavy atom. The van der Waals surface area contributed by atoms with Gasteiger partial charge in [-0.3, -0.25) is 0 Å². The molecule has 1 saturated carbocycles. The first kappa shape index (κ1) is 13.9. The lowest BCUT2D eigenvalue weighted by Gasteiger charge is -2.04. The second kappa shape index (κ2) is 4.57. The van der Waals surface area contributed by atoms with Crippen LogP contribution >= 0.6 is 11.3 Å². The van der Waals surface area contributed by atoms with Crippen LogP contribution in [0.1, 0.15) is 57.5 Å². The van der Waals surface area contributed by atoms with Gasteiger partial charge in [0.05, 0.1) is 0 Å². The molecule has 0 aliphatic heterocycles. The van der Waals surface area contributed by atoms with E-state index >= 15 is 0 Å². The Morgan fingerprint density at radius 1 is 1.17 bits per heavy atom. The van der Waals surface area contributed by atoms with Gasteiger partial charge in [0, 0.05) is 12.5 Å². The maximum Gasteiger partial charge on any atom is 0.131 e. The topological polar surface area (TPSA) is 37.8 Å². The van der Waals surface area contributed by atoms with E-state index in [0.717, 1.165) is 18.1 Å². The van der Waals surface area contributed by atoms with Crippen molar-refractivity contribution in [2.24, 2.45) is 16.7 Å². The maximum absolute atomic E-state index is 4.40. The summed E-state index contributed by atoms with van der Waals surface area (Å²) >= 11 is 1.78. The lowest BCUT2D eigenvalue weighted by molar-refractivity contribution is 0.457. The molecule has 0 unspecified atom stereocenters.